The standard InChI is InChI=1S/C26H24ClN5O3S2/c1-2-34-22(33)14-35-24-20(12-28)23(32-10-4-3-5-11-32)21(13-29)26(31-24)37-16-19-15-36-25(30-19)17-6-8-18(27)9-7-17/h6-9,15H,2-5,10-11,14,16H2,1H3. The number of benzene rings is 1. The number of thioether (sulfide) groups is 1. The third-order valence-electron chi connectivity index (χ3n) is 5.63. The minimum Gasteiger partial charge on any atom is -0.465 e. The highest BCUT2D eigenvalue weighted by molar-refractivity contribution is 7.98. The second-order valence-corrected chi connectivity index (χ2v) is 10.4. The fraction of sp³-hybridized carbons (Fsp3) is 0.346. The van der Waals surface area contributed by atoms with E-state index in [1.165, 1.54) is 23.1 Å². The Morgan fingerprint density at radius 3 is 2.54 bits per heavy atom. The molecule has 11 heteroatoms. The van der Waals surface area contributed by atoms with Crippen LogP contribution in [0.4, 0.5) is 5.69 Å². The van der Waals surface area contributed by atoms with Crippen molar-refractivity contribution in [3.05, 3.63) is 51.5 Å². The van der Waals surface area contributed by atoms with Gasteiger partial charge in [0, 0.05) is 34.8 Å². The summed E-state index contributed by atoms with van der Waals surface area (Å²) in [4.78, 5) is 23.2. The predicted octanol–water partition coefficient (Wildman–Crippen LogP) is 5.83. The Hall–Kier alpha value is -3.31. The number of nitrogens with zero attached hydrogens (tertiary/aromatic N) is 5. The number of hydrogen-bond donors (Lipinski definition) is 0. The van der Waals surface area contributed by atoms with Crippen molar-refractivity contribution in [1.82, 2.24) is 9.97 Å². The van der Waals surface area contributed by atoms with Crippen molar-refractivity contribution < 1.29 is 14.3 Å². The van der Waals surface area contributed by atoms with Crippen molar-refractivity contribution in [3.63, 3.8) is 0 Å². The summed E-state index contributed by atoms with van der Waals surface area (Å²) < 4.78 is 10.6. The van der Waals surface area contributed by atoms with Gasteiger partial charge in [0.25, 0.3) is 0 Å². The van der Waals surface area contributed by atoms with Crippen LogP contribution in [0.25, 0.3) is 10.6 Å². The Bertz CT molecular complexity index is 1340. The van der Waals surface area contributed by atoms with Crippen molar-refractivity contribution in [1.29, 1.82) is 10.5 Å². The summed E-state index contributed by atoms with van der Waals surface area (Å²) in [5.41, 5.74) is 2.82. The number of carbonyl (C=O) groups excluding carboxylic acids is 1. The number of ether oxygens (including phenoxy) is 2. The van der Waals surface area contributed by atoms with Crippen LogP contribution in [0.1, 0.15) is 43.0 Å². The van der Waals surface area contributed by atoms with Crippen LogP contribution in [0, 0.1) is 22.7 Å². The first-order chi connectivity index (χ1) is 18.0. The molecule has 0 unspecified atom stereocenters. The van der Waals surface area contributed by atoms with Crippen LogP contribution < -0.4 is 9.64 Å². The van der Waals surface area contributed by atoms with Gasteiger partial charge in [-0.1, -0.05) is 35.5 Å². The van der Waals surface area contributed by atoms with Gasteiger partial charge in [-0.15, -0.1) is 11.3 Å². The molecule has 1 saturated heterocycles. The van der Waals surface area contributed by atoms with Gasteiger partial charge in [-0.25, -0.2) is 14.8 Å². The van der Waals surface area contributed by atoms with E-state index in [9.17, 15) is 15.3 Å². The SMILES string of the molecule is CCOC(=O)COc1nc(SCc2csc(-c3ccc(Cl)cc3)n2)c(C#N)c(N2CCCCC2)c1C#N. The highest BCUT2D eigenvalue weighted by atomic mass is 35.5. The third-order valence-corrected chi connectivity index (χ3v) is 7.83. The van der Waals surface area contributed by atoms with Gasteiger partial charge in [-0.05, 0) is 38.3 Å². The summed E-state index contributed by atoms with van der Waals surface area (Å²) >= 11 is 8.87. The predicted molar refractivity (Wildman–Crippen MR) is 144 cm³/mol. The maximum Gasteiger partial charge on any atom is 0.344 e. The molecule has 0 bridgehead atoms. The summed E-state index contributed by atoms with van der Waals surface area (Å²) in [7, 11) is 0. The van der Waals surface area contributed by atoms with Gasteiger partial charge in [-0.3, -0.25) is 0 Å². The van der Waals surface area contributed by atoms with E-state index in [1.54, 1.807) is 6.92 Å². The minimum atomic E-state index is -0.552. The zero-order valence-electron chi connectivity index (χ0n) is 20.2. The van der Waals surface area contributed by atoms with E-state index in [0.717, 1.165) is 48.6 Å². The number of nitriles is 2. The molecule has 1 aliphatic heterocycles. The molecule has 4 rings (SSSR count). The van der Waals surface area contributed by atoms with Crippen LogP contribution in [-0.4, -0.2) is 42.2 Å². The highest BCUT2D eigenvalue weighted by Gasteiger charge is 2.27. The van der Waals surface area contributed by atoms with Crippen molar-refractivity contribution in [2.24, 2.45) is 0 Å². The maximum atomic E-state index is 11.9. The second kappa shape index (κ2) is 12.8. The van der Waals surface area contributed by atoms with Gasteiger partial charge < -0.3 is 14.4 Å². The molecule has 0 amide bonds. The van der Waals surface area contributed by atoms with E-state index in [0.29, 0.717) is 27.1 Å². The molecule has 1 fully saturated rings. The molecule has 0 aliphatic carbocycles. The number of aromatic nitrogens is 2. The van der Waals surface area contributed by atoms with Gasteiger partial charge in [0.05, 0.1) is 18.0 Å². The summed E-state index contributed by atoms with van der Waals surface area (Å²) in [5, 5.41) is 24.1. The van der Waals surface area contributed by atoms with Crippen LogP contribution in [-0.2, 0) is 15.3 Å². The largest absolute Gasteiger partial charge is 0.465 e. The van der Waals surface area contributed by atoms with Crippen LogP contribution in [0.2, 0.25) is 5.02 Å². The number of halogens is 1. The molecule has 0 radical (unpaired) electrons. The van der Waals surface area contributed by atoms with Crippen LogP contribution in [0.3, 0.4) is 0 Å². The van der Waals surface area contributed by atoms with Crippen LogP contribution in [0.5, 0.6) is 5.88 Å². The quantitative estimate of drug-likeness (QED) is 0.238. The summed E-state index contributed by atoms with van der Waals surface area (Å²) in [6.07, 6.45) is 3.02. The third kappa shape index (κ3) is 6.53. The molecule has 0 N–H and O–H groups in total. The molecule has 1 aliphatic rings. The fourth-order valence-electron chi connectivity index (χ4n) is 3.95. The van der Waals surface area contributed by atoms with E-state index in [-0.39, 0.29) is 24.7 Å². The second-order valence-electron chi connectivity index (χ2n) is 8.13. The molecule has 0 saturated carbocycles. The Morgan fingerprint density at radius 2 is 1.86 bits per heavy atom. The lowest BCUT2D eigenvalue weighted by Crippen LogP contribution is -2.31. The molecule has 190 valence electrons. The highest BCUT2D eigenvalue weighted by Crippen LogP contribution is 2.39. The topological polar surface area (TPSA) is 112 Å². The number of rotatable bonds is 9. The number of piperidine rings is 1. The van der Waals surface area contributed by atoms with Crippen molar-refractivity contribution >= 4 is 46.4 Å². The molecule has 0 spiro atoms. The van der Waals surface area contributed by atoms with E-state index in [2.05, 4.69) is 17.1 Å². The molecule has 2 aromatic heterocycles. The minimum absolute atomic E-state index is 0.0257. The Balaban J connectivity index is 1.65. The van der Waals surface area contributed by atoms with E-state index in [1.807, 2.05) is 34.5 Å². The van der Waals surface area contributed by atoms with E-state index in [4.69, 9.17) is 26.1 Å². The van der Waals surface area contributed by atoms with Gasteiger partial charge >= 0.3 is 5.97 Å². The van der Waals surface area contributed by atoms with Crippen molar-refractivity contribution in [3.8, 4) is 28.6 Å². The number of anilines is 1. The average molecular weight is 554 g/mol. The zero-order valence-corrected chi connectivity index (χ0v) is 22.6. The summed E-state index contributed by atoms with van der Waals surface area (Å²) in [5.74, 6) is -0.0599. The summed E-state index contributed by atoms with van der Waals surface area (Å²) in [6.45, 7) is 3.01. The number of esters is 1. The van der Waals surface area contributed by atoms with Crippen LogP contribution in [0.15, 0.2) is 34.7 Å². The molecule has 3 heterocycles. The molecule has 3 aromatic rings. The fourth-order valence-corrected chi connectivity index (χ4v) is 5.87. The number of thiazole rings is 1. The Labute approximate surface area is 228 Å². The summed E-state index contributed by atoms with van der Waals surface area (Å²) in [6, 6.07) is 11.9. The number of hydrogen-bond acceptors (Lipinski definition) is 10. The van der Waals surface area contributed by atoms with Gasteiger partial charge in [-0.2, -0.15) is 10.5 Å². The van der Waals surface area contributed by atoms with Crippen molar-refractivity contribution in [2.75, 3.05) is 31.2 Å². The lowest BCUT2D eigenvalue weighted by molar-refractivity contribution is -0.145. The number of carbonyl (C=O) groups is 1. The Kier molecular flexibility index (Phi) is 9.24. The van der Waals surface area contributed by atoms with E-state index < -0.39 is 5.97 Å². The Morgan fingerprint density at radius 1 is 1.14 bits per heavy atom. The monoisotopic (exact) mass is 553 g/mol. The first-order valence-corrected chi connectivity index (χ1v) is 14.0. The molecule has 8 nitrogen and oxygen atoms in total. The molecule has 0 atom stereocenters. The maximum absolute atomic E-state index is 11.9. The first-order valence-electron chi connectivity index (χ1n) is 11.8. The molecule has 1 aromatic carbocycles. The lowest BCUT2D eigenvalue weighted by atomic mass is 10.1. The lowest BCUT2D eigenvalue weighted by Gasteiger charge is -2.31. The normalized spacial score (nSPS) is 13.0. The molecular weight excluding hydrogens is 530 g/mol. The van der Waals surface area contributed by atoms with Crippen molar-refractivity contribution in [2.45, 2.75) is 37.0 Å². The first kappa shape index (κ1) is 26.7. The average Bonchev–Trinajstić information content (AvgIpc) is 3.40. The van der Waals surface area contributed by atoms with E-state index >= 15 is 0 Å². The zero-order chi connectivity index (χ0) is 26.2. The molecule has 37 heavy (non-hydrogen) atoms. The smallest absolute Gasteiger partial charge is 0.344 e. The van der Waals surface area contributed by atoms with Gasteiger partial charge in [0.2, 0.25) is 5.88 Å². The number of pyridine rings is 1. The van der Waals surface area contributed by atoms with Gasteiger partial charge in [0.1, 0.15) is 33.3 Å². The van der Waals surface area contributed by atoms with Crippen LogP contribution >= 0.6 is 34.7 Å². The van der Waals surface area contributed by atoms with Gasteiger partial charge in [0.15, 0.2) is 6.61 Å². The molecular formula is C26H24ClN5O3S2.